The predicted octanol–water partition coefficient (Wildman–Crippen LogP) is 4.30. The molecule has 4 N–H and O–H groups in total. The molecule has 0 bridgehead atoms. The minimum absolute atomic E-state index is 0.0190. The van der Waals surface area contributed by atoms with E-state index in [1.165, 1.54) is 25.7 Å². The van der Waals surface area contributed by atoms with Crippen LogP contribution >= 0.6 is 0 Å². The number of rotatable bonds is 19. The predicted molar refractivity (Wildman–Crippen MR) is 191 cm³/mol. The number of aliphatic hydroxyl groups is 2. The average Bonchev–Trinajstić information content (AvgIpc) is 3.08. The van der Waals surface area contributed by atoms with Crippen molar-refractivity contribution in [2.24, 2.45) is 17.8 Å². The summed E-state index contributed by atoms with van der Waals surface area (Å²) in [4.78, 5) is 45.3. The molecule has 2 unspecified atom stereocenters. The summed E-state index contributed by atoms with van der Waals surface area (Å²) in [5, 5.41) is 28.0. The lowest BCUT2D eigenvalue weighted by atomic mass is 9.82. The number of aliphatic hydroxyl groups excluding tert-OH is 2. The van der Waals surface area contributed by atoms with Crippen LogP contribution in [0.3, 0.4) is 0 Å². The quantitative estimate of drug-likeness (QED) is 0.164. The topological polar surface area (TPSA) is 122 Å². The molecule has 268 valence electrons. The van der Waals surface area contributed by atoms with Gasteiger partial charge in [-0.15, -0.1) is 12.3 Å². The molecule has 5 atom stereocenters. The van der Waals surface area contributed by atoms with Crippen molar-refractivity contribution in [1.29, 1.82) is 0 Å². The van der Waals surface area contributed by atoms with Crippen LogP contribution < -0.4 is 10.6 Å². The Morgan fingerprint density at radius 2 is 1.65 bits per heavy atom. The summed E-state index contributed by atoms with van der Waals surface area (Å²) in [6.07, 6.45) is 14.4. The van der Waals surface area contributed by atoms with Crippen LogP contribution in [0.25, 0.3) is 0 Å². The molecular weight excluding hydrogens is 604 g/mol. The number of nitrogens with zero attached hydrogens (tertiary/aromatic N) is 2. The Morgan fingerprint density at radius 3 is 2.29 bits per heavy atom. The molecule has 1 heterocycles. The van der Waals surface area contributed by atoms with Gasteiger partial charge in [0.1, 0.15) is 12.1 Å². The number of terminal acetylenes is 1. The molecule has 0 aromatic heterocycles. The number of amides is 3. The molecule has 1 saturated carbocycles. The standard InChI is InChI=1S/C39H62N4O5/c1-5-6-20-33(39(48)41-34(27-31-18-12-8-13-19-31)37(46)35(44)25-29(2)3)40-38(47)32(26-30-16-10-7-11-17-30)28-36(45)42(4)23-24-43-21-14-9-15-22-43/h1,7,10-11,16-17,29,31-35,37,44,46H,6,8-9,12-15,18-28H2,2-4H3,(H,40,47)(H,41,48)/t32?,33-,34?,35-,37+/m0/s1. The molecule has 1 aromatic carbocycles. The second-order valence-corrected chi connectivity index (χ2v) is 14.7. The molecule has 1 aliphatic heterocycles. The van der Waals surface area contributed by atoms with Crippen LogP contribution in [0.4, 0.5) is 0 Å². The monoisotopic (exact) mass is 666 g/mol. The Kier molecular flexibility index (Phi) is 17.5. The number of benzene rings is 1. The van der Waals surface area contributed by atoms with Gasteiger partial charge in [-0.2, -0.15) is 0 Å². The molecular formula is C39H62N4O5. The molecule has 2 fully saturated rings. The van der Waals surface area contributed by atoms with Crippen LogP contribution in [0.1, 0.15) is 103 Å². The Labute approximate surface area is 289 Å². The Bertz CT molecular complexity index is 1140. The highest BCUT2D eigenvalue weighted by Gasteiger charge is 2.34. The van der Waals surface area contributed by atoms with Gasteiger partial charge in [-0.3, -0.25) is 14.4 Å². The minimum Gasteiger partial charge on any atom is -0.390 e. The third-order valence-corrected chi connectivity index (χ3v) is 10.1. The lowest BCUT2D eigenvalue weighted by molar-refractivity contribution is -0.137. The number of nitrogens with one attached hydrogen (secondary N) is 2. The first-order valence-electron chi connectivity index (χ1n) is 18.5. The van der Waals surface area contributed by atoms with E-state index >= 15 is 0 Å². The molecule has 0 radical (unpaired) electrons. The van der Waals surface area contributed by atoms with E-state index in [2.05, 4.69) is 21.5 Å². The molecule has 2 aliphatic rings. The fourth-order valence-electron chi connectivity index (χ4n) is 7.15. The van der Waals surface area contributed by atoms with E-state index in [4.69, 9.17) is 6.42 Å². The molecule has 3 rings (SSSR count). The van der Waals surface area contributed by atoms with Gasteiger partial charge in [0.2, 0.25) is 17.7 Å². The van der Waals surface area contributed by atoms with Crippen molar-refractivity contribution < 1.29 is 24.6 Å². The largest absolute Gasteiger partial charge is 0.390 e. The average molecular weight is 667 g/mol. The van der Waals surface area contributed by atoms with Crippen LogP contribution in [-0.2, 0) is 20.8 Å². The highest BCUT2D eigenvalue weighted by atomic mass is 16.3. The lowest BCUT2D eigenvalue weighted by Gasteiger charge is -2.34. The van der Waals surface area contributed by atoms with Crippen molar-refractivity contribution in [3.8, 4) is 12.3 Å². The van der Waals surface area contributed by atoms with E-state index in [0.717, 1.165) is 50.9 Å². The maximum atomic E-state index is 13.9. The third-order valence-electron chi connectivity index (χ3n) is 10.1. The van der Waals surface area contributed by atoms with E-state index < -0.39 is 36.1 Å². The van der Waals surface area contributed by atoms with Crippen LogP contribution in [-0.4, -0.2) is 95.3 Å². The second kappa shape index (κ2) is 21.2. The first-order valence-corrected chi connectivity index (χ1v) is 18.5. The summed E-state index contributed by atoms with van der Waals surface area (Å²) in [6.45, 7) is 7.48. The van der Waals surface area contributed by atoms with Crippen molar-refractivity contribution >= 4 is 17.7 Å². The van der Waals surface area contributed by atoms with Crippen molar-refractivity contribution in [3.63, 3.8) is 0 Å². The Morgan fingerprint density at radius 1 is 0.979 bits per heavy atom. The van der Waals surface area contributed by atoms with Gasteiger partial charge in [0, 0.05) is 33.0 Å². The number of hydrogen-bond donors (Lipinski definition) is 4. The number of likely N-dealkylation sites (N-methyl/N-ethyl adjacent to an activating group) is 1. The zero-order valence-corrected chi connectivity index (χ0v) is 29.7. The van der Waals surface area contributed by atoms with Crippen molar-refractivity contribution in [2.75, 3.05) is 33.2 Å². The third kappa shape index (κ3) is 13.9. The summed E-state index contributed by atoms with van der Waals surface area (Å²) in [7, 11) is 1.79. The van der Waals surface area contributed by atoms with Gasteiger partial charge in [0.25, 0.3) is 0 Å². The SMILES string of the molecule is C#CCC[C@H](NC(=O)C(CC(=O)N(C)CCN1CCCCC1)Cc1ccccc1)C(=O)NC(CC1CCCCC1)[C@@H](O)[C@@H](O)CC(C)C. The molecule has 9 heteroatoms. The van der Waals surface area contributed by atoms with Gasteiger partial charge in [0.05, 0.1) is 18.1 Å². The summed E-state index contributed by atoms with van der Waals surface area (Å²) >= 11 is 0. The van der Waals surface area contributed by atoms with Crippen molar-refractivity contribution in [2.45, 2.75) is 128 Å². The van der Waals surface area contributed by atoms with Gasteiger partial charge in [-0.1, -0.05) is 82.7 Å². The van der Waals surface area contributed by atoms with E-state index in [9.17, 15) is 24.6 Å². The first-order chi connectivity index (χ1) is 23.1. The summed E-state index contributed by atoms with van der Waals surface area (Å²) < 4.78 is 0. The fourth-order valence-corrected chi connectivity index (χ4v) is 7.15. The van der Waals surface area contributed by atoms with Crippen LogP contribution in [0.15, 0.2) is 30.3 Å². The molecule has 48 heavy (non-hydrogen) atoms. The number of carbonyl (C=O) groups excluding carboxylic acids is 3. The summed E-state index contributed by atoms with van der Waals surface area (Å²) in [5.41, 5.74) is 0.931. The van der Waals surface area contributed by atoms with Crippen LogP contribution in [0.5, 0.6) is 0 Å². The highest BCUT2D eigenvalue weighted by molar-refractivity contribution is 5.91. The van der Waals surface area contributed by atoms with Crippen LogP contribution in [0, 0.1) is 30.1 Å². The molecule has 0 spiro atoms. The van der Waals surface area contributed by atoms with E-state index in [0.29, 0.717) is 31.7 Å². The number of carbonyl (C=O) groups is 3. The summed E-state index contributed by atoms with van der Waals surface area (Å²) in [6, 6.07) is 8.00. The smallest absolute Gasteiger partial charge is 0.242 e. The zero-order chi connectivity index (χ0) is 34.9. The molecule has 1 aliphatic carbocycles. The lowest BCUT2D eigenvalue weighted by Crippen LogP contribution is -2.56. The molecule has 9 nitrogen and oxygen atoms in total. The number of likely N-dealkylation sites (tertiary alicyclic amines) is 1. The Balaban J connectivity index is 1.73. The normalized spacial score (nSPS) is 19.0. The maximum absolute atomic E-state index is 13.9. The van der Waals surface area contributed by atoms with Gasteiger partial charge in [0.15, 0.2) is 0 Å². The Hall–Kier alpha value is -2.93. The van der Waals surface area contributed by atoms with Gasteiger partial charge < -0.3 is 30.6 Å². The molecule has 1 saturated heterocycles. The van der Waals surface area contributed by atoms with Crippen molar-refractivity contribution in [3.05, 3.63) is 35.9 Å². The highest BCUT2D eigenvalue weighted by Crippen LogP contribution is 2.29. The number of piperidine rings is 1. The van der Waals surface area contributed by atoms with Crippen molar-refractivity contribution in [1.82, 2.24) is 20.4 Å². The minimum atomic E-state index is -1.13. The van der Waals surface area contributed by atoms with E-state index in [1.807, 2.05) is 44.2 Å². The summed E-state index contributed by atoms with van der Waals surface area (Å²) in [5.74, 6) is 1.50. The fraction of sp³-hybridized carbons (Fsp3) is 0.718. The number of hydrogen-bond acceptors (Lipinski definition) is 6. The van der Waals surface area contributed by atoms with Gasteiger partial charge in [-0.25, -0.2) is 0 Å². The molecule has 1 aromatic rings. The van der Waals surface area contributed by atoms with Gasteiger partial charge >= 0.3 is 0 Å². The zero-order valence-electron chi connectivity index (χ0n) is 29.7. The molecule has 3 amide bonds. The second-order valence-electron chi connectivity index (χ2n) is 14.7. The maximum Gasteiger partial charge on any atom is 0.242 e. The first kappa shape index (κ1) is 39.5. The van der Waals surface area contributed by atoms with Crippen LogP contribution in [0.2, 0.25) is 0 Å². The van der Waals surface area contributed by atoms with E-state index in [-0.39, 0.29) is 37.0 Å². The van der Waals surface area contributed by atoms with Gasteiger partial charge in [-0.05, 0) is 69.0 Å². The van der Waals surface area contributed by atoms with E-state index in [1.54, 1.807) is 11.9 Å².